The molecule has 2 aromatic rings. The van der Waals surface area contributed by atoms with Crippen molar-refractivity contribution in [2.24, 2.45) is 11.8 Å². The standard InChI is InChI=1S/C17H22N4O/c1-17(2)14(12-5-8-20(17)9-6-12)10-16(22)13-11-19-21-15(13)4-3-7-18-21/h3-4,7,11-12,14H,5-6,8-10H2,1-2H3/t14-/m0/s1. The van der Waals surface area contributed by atoms with Gasteiger partial charge in [-0.1, -0.05) is 0 Å². The van der Waals surface area contributed by atoms with Gasteiger partial charge in [-0.25, -0.2) is 0 Å². The van der Waals surface area contributed by atoms with E-state index in [1.54, 1.807) is 12.4 Å². The number of hydrogen-bond donors (Lipinski definition) is 0. The summed E-state index contributed by atoms with van der Waals surface area (Å²) in [5.41, 5.74) is 1.64. The monoisotopic (exact) mass is 298 g/mol. The van der Waals surface area contributed by atoms with Crippen molar-refractivity contribution in [2.75, 3.05) is 13.1 Å². The summed E-state index contributed by atoms with van der Waals surface area (Å²) in [6.45, 7) is 6.97. The molecule has 2 bridgehead atoms. The van der Waals surface area contributed by atoms with E-state index in [0.717, 1.165) is 5.52 Å². The maximum Gasteiger partial charge on any atom is 0.167 e. The normalized spacial score (nSPS) is 29.8. The van der Waals surface area contributed by atoms with Gasteiger partial charge in [-0.2, -0.15) is 14.8 Å². The van der Waals surface area contributed by atoms with E-state index in [0.29, 0.717) is 23.8 Å². The van der Waals surface area contributed by atoms with Crippen molar-refractivity contribution in [1.82, 2.24) is 19.7 Å². The van der Waals surface area contributed by atoms with E-state index >= 15 is 0 Å². The Kier molecular flexibility index (Phi) is 3.08. The Labute approximate surface area is 130 Å². The first-order valence-electron chi connectivity index (χ1n) is 8.14. The summed E-state index contributed by atoms with van der Waals surface area (Å²) in [4.78, 5) is 15.4. The van der Waals surface area contributed by atoms with Gasteiger partial charge in [-0.05, 0) is 63.7 Å². The van der Waals surface area contributed by atoms with Gasteiger partial charge in [0.25, 0.3) is 0 Å². The summed E-state index contributed by atoms with van der Waals surface area (Å²) in [7, 11) is 0. The molecule has 0 aromatic carbocycles. The Balaban J connectivity index is 1.62. The van der Waals surface area contributed by atoms with Crippen molar-refractivity contribution in [1.29, 1.82) is 0 Å². The van der Waals surface area contributed by atoms with Crippen molar-refractivity contribution < 1.29 is 4.79 Å². The van der Waals surface area contributed by atoms with Crippen LogP contribution in [0.4, 0.5) is 0 Å². The summed E-state index contributed by atoms with van der Waals surface area (Å²) in [5, 5.41) is 8.33. The number of rotatable bonds is 3. The molecule has 0 aliphatic carbocycles. The Hall–Kier alpha value is -1.75. The zero-order chi connectivity index (χ0) is 15.3. The molecule has 1 atom stereocenters. The van der Waals surface area contributed by atoms with Gasteiger partial charge in [-0.15, -0.1) is 0 Å². The lowest BCUT2D eigenvalue weighted by molar-refractivity contribution is -0.0643. The zero-order valence-corrected chi connectivity index (χ0v) is 13.2. The molecule has 3 saturated heterocycles. The van der Waals surface area contributed by atoms with E-state index in [9.17, 15) is 4.79 Å². The van der Waals surface area contributed by atoms with Crippen molar-refractivity contribution >= 4 is 11.3 Å². The summed E-state index contributed by atoms with van der Waals surface area (Å²) >= 11 is 0. The van der Waals surface area contributed by atoms with E-state index in [1.807, 2.05) is 12.1 Å². The Morgan fingerprint density at radius 1 is 1.32 bits per heavy atom. The number of Topliss-reactive ketones (excluding diaryl/α,β-unsaturated/α-hetero) is 1. The van der Waals surface area contributed by atoms with Gasteiger partial charge < -0.3 is 0 Å². The smallest absolute Gasteiger partial charge is 0.167 e. The SMILES string of the molecule is CC1(C)[C@@H](CC(=O)c2cnn3ncccc23)C2CCN1CC2. The van der Waals surface area contributed by atoms with Crippen molar-refractivity contribution in [2.45, 2.75) is 38.6 Å². The van der Waals surface area contributed by atoms with Gasteiger partial charge in [0, 0.05) is 18.2 Å². The second-order valence-electron chi connectivity index (χ2n) is 7.17. The quantitative estimate of drug-likeness (QED) is 0.817. The highest BCUT2D eigenvalue weighted by atomic mass is 16.1. The fraction of sp³-hybridized carbons (Fsp3) is 0.588. The molecule has 3 aliphatic rings. The van der Waals surface area contributed by atoms with Crippen molar-refractivity contribution in [3.8, 4) is 0 Å². The number of ketones is 1. The maximum atomic E-state index is 12.9. The van der Waals surface area contributed by atoms with Gasteiger partial charge in [0.15, 0.2) is 5.78 Å². The van der Waals surface area contributed by atoms with E-state index in [1.165, 1.54) is 30.6 Å². The summed E-state index contributed by atoms with van der Waals surface area (Å²) in [6.07, 6.45) is 6.43. The molecule has 116 valence electrons. The number of nitrogens with zero attached hydrogens (tertiary/aromatic N) is 4. The number of carbonyl (C=O) groups is 1. The third kappa shape index (κ3) is 1.99. The van der Waals surface area contributed by atoms with Gasteiger partial charge in [-0.3, -0.25) is 9.69 Å². The Morgan fingerprint density at radius 3 is 2.82 bits per heavy atom. The predicted molar refractivity (Wildman–Crippen MR) is 83.8 cm³/mol. The average molecular weight is 298 g/mol. The second-order valence-corrected chi connectivity index (χ2v) is 7.17. The minimum atomic E-state index is 0.123. The van der Waals surface area contributed by atoms with Crippen LogP contribution in [0.1, 0.15) is 43.5 Å². The first-order valence-corrected chi connectivity index (χ1v) is 8.14. The summed E-state index contributed by atoms with van der Waals surface area (Å²) in [5.74, 6) is 1.33. The number of piperidine rings is 3. The molecular weight excluding hydrogens is 276 g/mol. The minimum Gasteiger partial charge on any atom is -0.298 e. The molecule has 3 fully saturated rings. The van der Waals surface area contributed by atoms with Crippen LogP contribution in [-0.2, 0) is 0 Å². The topological polar surface area (TPSA) is 50.5 Å². The largest absolute Gasteiger partial charge is 0.298 e. The molecule has 0 amide bonds. The zero-order valence-electron chi connectivity index (χ0n) is 13.2. The van der Waals surface area contributed by atoms with Crippen LogP contribution in [0.15, 0.2) is 24.5 Å². The number of aromatic nitrogens is 3. The van der Waals surface area contributed by atoms with Gasteiger partial charge in [0.2, 0.25) is 0 Å². The highest BCUT2D eigenvalue weighted by molar-refractivity contribution is 6.02. The van der Waals surface area contributed by atoms with Crippen LogP contribution in [0.3, 0.4) is 0 Å². The Morgan fingerprint density at radius 2 is 2.09 bits per heavy atom. The fourth-order valence-electron chi connectivity index (χ4n) is 4.46. The Bertz CT molecular complexity index is 712. The maximum absolute atomic E-state index is 12.9. The highest BCUT2D eigenvalue weighted by Gasteiger charge is 2.48. The lowest BCUT2D eigenvalue weighted by Crippen LogP contribution is -2.61. The van der Waals surface area contributed by atoms with E-state index in [4.69, 9.17) is 0 Å². The second kappa shape index (κ2) is 4.88. The predicted octanol–water partition coefficient (Wildman–Crippen LogP) is 2.42. The molecule has 0 N–H and O–H groups in total. The van der Waals surface area contributed by atoms with Crippen LogP contribution in [0.2, 0.25) is 0 Å². The summed E-state index contributed by atoms with van der Waals surface area (Å²) in [6, 6.07) is 3.76. The van der Waals surface area contributed by atoms with Crippen LogP contribution < -0.4 is 0 Å². The molecule has 0 radical (unpaired) electrons. The molecule has 0 unspecified atom stereocenters. The average Bonchev–Trinajstić information content (AvgIpc) is 2.95. The van der Waals surface area contributed by atoms with E-state index in [2.05, 4.69) is 28.9 Å². The lowest BCUT2D eigenvalue weighted by atomic mass is 9.65. The first kappa shape index (κ1) is 13.9. The van der Waals surface area contributed by atoms with E-state index in [-0.39, 0.29) is 11.3 Å². The van der Waals surface area contributed by atoms with Gasteiger partial charge in [0.05, 0.1) is 17.3 Å². The molecule has 0 spiro atoms. The molecule has 0 saturated carbocycles. The van der Waals surface area contributed by atoms with Crippen LogP contribution in [0.5, 0.6) is 0 Å². The van der Waals surface area contributed by atoms with Gasteiger partial charge >= 0.3 is 0 Å². The van der Waals surface area contributed by atoms with Crippen LogP contribution in [-0.4, -0.2) is 44.1 Å². The lowest BCUT2D eigenvalue weighted by Gasteiger charge is -2.56. The van der Waals surface area contributed by atoms with E-state index < -0.39 is 0 Å². The highest BCUT2D eigenvalue weighted by Crippen LogP contribution is 2.45. The number of carbonyl (C=O) groups excluding carboxylic acids is 1. The molecule has 5 heteroatoms. The molecule has 5 rings (SSSR count). The molecule has 2 aromatic heterocycles. The number of fused-ring (bicyclic) bond motifs is 4. The van der Waals surface area contributed by atoms with Crippen molar-refractivity contribution in [3.05, 3.63) is 30.1 Å². The van der Waals surface area contributed by atoms with Gasteiger partial charge in [0.1, 0.15) is 0 Å². The van der Waals surface area contributed by atoms with Crippen LogP contribution in [0, 0.1) is 11.8 Å². The molecule has 5 nitrogen and oxygen atoms in total. The molecular formula is C17H22N4O. The van der Waals surface area contributed by atoms with Crippen LogP contribution in [0.25, 0.3) is 5.52 Å². The molecule has 22 heavy (non-hydrogen) atoms. The number of hydrogen-bond acceptors (Lipinski definition) is 4. The third-order valence-electron chi connectivity index (χ3n) is 5.84. The first-order chi connectivity index (χ1) is 10.6. The molecule has 5 heterocycles. The minimum absolute atomic E-state index is 0.123. The molecule has 3 aliphatic heterocycles. The summed E-state index contributed by atoms with van der Waals surface area (Å²) < 4.78 is 1.54. The fourth-order valence-corrected chi connectivity index (χ4v) is 4.46. The van der Waals surface area contributed by atoms with Crippen LogP contribution >= 0.6 is 0 Å². The van der Waals surface area contributed by atoms with Crippen molar-refractivity contribution in [3.63, 3.8) is 0 Å². The third-order valence-corrected chi connectivity index (χ3v) is 5.84.